The molecule has 104 valence electrons. The van der Waals surface area contributed by atoms with Crippen LogP contribution in [0.25, 0.3) is 10.6 Å². The van der Waals surface area contributed by atoms with Crippen molar-refractivity contribution in [2.45, 2.75) is 6.42 Å². The third-order valence-electron chi connectivity index (χ3n) is 2.65. The first-order valence-corrected chi connectivity index (χ1v) is 6.65. The first-order chi connectivity index (χ1) is 9.47. The molecule has 0 fully saturated rings. The maximum Gasteiger partial charge on any atom is 0.335 e. The van der Waals surface area contributed by atoms with Crippen LogP contribution in [0.5, 0.6) is 0 Å². The number of nitrogens with zero attached hydrogens (tertiary/aromatic N) is 3. The van der Waals surface area contributed by atoms with Gasteiger partial charge >= 0.3 is 5.97 Å². The van der Waals surface area contributed by atoms with Crippen LogP contribution in [0, 0.1) is 0 Å². The van der Waals surface area contributed by atoms with Crippen LogP contribution in [0.3, 0.4) is 0 Å². The summed E-state index contributed by atoms with van der Waals surface area (Å²) in [5.74, 6) is -1.000. The van der Waals surface area contributed by atoms with Crippen molar-refractivity contribution < 1.29 is 14.7 Å². The van der Waals surface area contributed by atoms with Crippen molar-refractivity contribution in [2.24, 2.45) is 0 Å². The van der Waals surface area contributed by atoms with E-state index < -0.39 is 5.97 Å². The summed E-state index contributed by atoms with van der Waals surface area (Å²) in [6.07, 6.45) is 0.220. The molecular weight excluding hydrogens is 278 g/mol. The van der Waals surface area contributed by atoms with E-state index in [0.29, 0.717) is 10.0 Å². The molecule has 7 heteroatoms. The zero-order valence-electron chi connectivity index (χ0n) is 11.0. The van der Waals surface area contributed by atoms with Crippen LogP contribution in [0.1, 0.15) is 15.4 Å². The molecule has 0 atom stereocenters. The average Bonchev–Trinajstić information content (AvgIpc) is 2.87. The first kappa shape index (κ1) is 14.1. The van der Waals surface area contributed by atoms with E-state index in [9.17, 15) is 9.59 Å². The van der Waals surface area contributed by atoms with Gasteiger partial charge in [-0.05, 0) is 12.1 Å². The van der Waals surface area contributed by atoms with Crippen molar-refractivity contribution in [1.29, 1.82) is 0 Å². The standard InChI is InChI=1S/C13H13N3O3S/c1-16(2)11(17)7-10-14-15-12(20-10)8-3-5-9(6-4-8)13(18)19/h3-6H,7H2,1-2H3,(H,18,19). The van der Waals surface area contributed by atoms with Crippen LogP contribution in [0.2, 0.25) is 0 Å². The van der Waals surface area contributed by atoms with E-state index in [1.165, 1.54) is 28.4 Å². The molecule has 1 aromatic carbocycles. The van der Waals surface area contributed by atoms with Crippen molar-refractivity contribution in [3.8, 4) is 10.6 Å². The summed E-state index contributed by atoms with van der Waals surface area (Å²) in [6.45, 7) is 0. The number of likely N-dealkylation sites (N-methyl/N-ethyl adjacent to an activating group) is 1. The van der Waals surface area contributed by atoms with E-state index in [2.05, 4.69) is 10.2 Å². The van der Waals surface area contributed by atoms with E-state index in [-0.39, 0.29) is 17.9 Å². The van der Waals surface area contributed by atoms with Gasteiger partial charge in [0.2, 0.25) is 5.91 Å². The summed E-state index contributed by atoms with van der Waals surface area (Å²) in [7, 11) is 3.38. The zero-order chi connectivity index (χ0) is 14.7. The van der Waals surface area contributed by atoms with E-state index in [1.807, 2.05) is 0 Å². The molecule has 0 saturated heterocycles. The Balaban J connectivity index is 2.16. The third-order valence-corrected chi connectivity index (χ3v) is 3.62. The Labute approximate surface area is 119 Å². The lowest BCUT2D eigenvalue weighted by molar-refractivity contribution is -0.127. The van der Waals surface area contributed by atoms with Crippen LogP contribution in [0.15, 0.2) is 24.3 Å². The van der Waals surface area contributed by atoms with Crippen molar-refractivity contribution in [3.63, 3.8) is 0 Å². The Hall–Kier alpha value is -2.28. The van der Waals surface area contributed by atoms with Crippen LogP contribution >= 0.6 is 11.3 Å². The SMILES string of the molecule is CN(C)C(=O)Cc1nnc(-c2ccc(C(=O)O)cc2)s1. The molecule has 2 aromatic rings. The fraction of sp³-hybridized carbons (Fsp3) is 0.231. The van der Waals surface area contributed by atoms with Crippen molar-refractivity contribution in [2.75, 3.05) is 14.1 Å². The predicted octanol–water partition coefficient (Wildman–Crippen LogP) is 1.53. The Morgan fingerprint density at radius 3 is 2.40 bits per heavy atom. The van der Waals surface area contributed by atoms with Gasteiger partial charge < -0.3 is 10.0 Å². The predicted molar refractivity (Wildman–Crippen MR) is 74.7 cm³/mol. The highest BCUT2D eigenvalue weighted by Gasteiger charge is 2.12. The number of carbonyl (C=O) groups excluding carboxylic acids is 1. The molecule has 0 aliphatic rings. The van der Waals surface area contributed by atoms with Gasteiger partial charge in [0.15, 0.2) is 0 Å². The molecule has 0 radical (unpaired) electrons. The fourth-order valence-electron chi connectivity index (χ4n) is 1.48. The third kappa shape index (κ3) is 3.18. The summed E-state index contributed by atoms with van der Waals surface area (Å²) in [5, 5.41) is 18.1. The number of carboxylic acids is 1. The van der Waals surface area contributed by atoms with E-state index in [1.54, 1.807) is 26.2 Å². The Kier molecular flexibility index (Phi) is 4.09. The molecule has 1 N–H and O–H groups in total. The molecule has 1 aromatic heterocycles. The Morgan fingerprint density at radius 1 is 1.20 bits per heavy atom. The van der Waals surface area contributed by atoms with E-state index >= 15 is 0 Å². The number of carboxylic acid groups (broad SMARTS) is 1. The van der Waals surface area contributed by atoms with Crippen LogP contribution in [-0.4, -0.2) is 46.2 Å². The fourth-order valence-corrected chi connectivity index (χ4v) is 2.32. The number of amides is 1. The minimum Gasteiger partial charge on any atom is -0.478 e. The molecule has 1 amide bonds. The second kappa shape index (κ2) is 5.79. The smallest absolute Gasteiger partial charge is 0.335 e. The summed E-state index contributed by atoms with van der Waals surface area (Å²) in [5.41, 5.74) is 1.01. The number of aromatic nitrogens is 2. The van der Waals surface area contributed by atoms with E-state index in [0.717, 1.165) is 5.56 Å². The first-order valence-electron chi connectivity index (χ1n) is 5.83. The molecule has 0 spiro atoms. The lowest BCUT2D eigenvalue weighted by atomic mass is 10.1. The van der Waals surface area contributed by atoms with Gasteiger partial charge in [0.25, 0.3) is 0 Å². The molecule has 6 nitrogen and oxygen atoms in total. The van der Waals surface area contributed by atoms with Gasteiger partial charge in [-0.25, -0.2) is 4.79 Å². The van der Waals surface area contributed by atoms with Gasteiger partial charge in [0.1, 0.15) is 10.0 Å². The Bertz CT molecular complexity index is 635. The van der Waals surface area contributed by atoms with Crippen molar-refractivity contribution in [1.82, 2.24) is 15.1 Å². The molecule has 1 heterocycles. The highest BCUT2D eigenvalue weighted by atomic mass is 32.1. The molecule has 0 aliphatic carbocycles. The van der Waals surface area contributed by atoms with Gasteiger partial charge in [-0.2, -0.15) is 0 Å². The largest absolute Gasteiger partial charge is 0.478 e. The van der Waals surface area contributed by atoms with Gasteiger partial charge in [0.05, 0.1) is 12.0 Å². The molecule has 0 bridgehead atoms. The minimum absolute atomic E-state index is 0.0334. The maximum absolute atomic E-state index is 11.6. The summed E-state index contributed by atoms with van der Waals surface area (Å²) < 4.78 is 0. The number of rotatable bonds is 4. The number of hydrogen-bond donors (Lipinski definition) is 1. The summed E-state index contributed by atoms with van der Waals surface area (Å²) >= 11 is 1.33. The molecule has 2 rings (SSSR count). The van der Waals surface area contributed by atoms with Crippen molar-refractivity contribution in [3.05, 3.63) is 34.8 Å². The average molecular weight is 291 g/mol. The molecule has 20 heavy (non-hydrogen) atoms. The maximum atomic E-state index is 11.6. The molecular formula is C13H13N3O3S. The highest BCUT2D eigenvalue weighted by molar-refractivity contribution is 7.14. The Morgan fingerprint density at radius 2 is 1.85 bits per heavy atom. The highest BCUT2D eigenvalue weighted by Crippen LogP contribution is 2.24. The van der Waals surface area contributed by atoms with Crippen LogP contribution in [0.4, 0.5) is 0 Å². The normalized spacial score (nSPS) is 10.3. The molecule has 0 saturated carbocycles. The number of carbonyl (C=O) groups is 2. The van der Waals surface area contributed by atoms with Gasteiger partial charge in [-0.1, -0.05) is 23.5 Å². The van der Waals surface area contributed by atoms with Crippen molar-refractivity contribution >= 4 is 23.2 Å². The van der Waals surface area contributed by atoms with Gasteiger partial charge in [-0.15, -0.1) is 10.2 Å². The quantitative estimate of drug-likeness (QED) is 0.923. The second-order valence-electron chi connectivity index (χ2n) is 4.35. The lowest BCUT2D eigenvalue weighted by Gasteiger charge is -2.07. The molecule has 0 aliphatic heterocycles. The van der Waals surface area contributed by atoms with Gasteiger partial charge in [0, 0.05) is 19.7 Å². The number of aromatic carboxylic acids is 1. The monoisotopic (exact) mass is 291 g/mol. The summed E-state index contributed by atoms with van der Waals surface area (Å²) in [4.78, 5) is 23.9. The topological polar surface area (TPSA) is 83.4 Å². The van der Waals surface area contributed by atoms with Gasteiger partial charge in [-0.3, -0.25) is 4.79 Å². The zero-order valence-corrected chi connectivity index (χ0v) is 11.8. The van der Waals surface area contributed by atoms with Crippen LogP contribution in [-0.2, 0) is 11.2 Å². The lowest BCUT2D eigenvalue weighted by Crippen LogP contribution is -2.23. The van der Waals surface area contributed by atoms with Crippen LogP contribution < -0.4 is 0 Å². The number of benzene rings is 1. The summed E-state index contributed by atoms with van der Waals surface area (Å²) in [6, 6.07) is 6.40. The number of hydrogen-bond acceptors (Lipinski definition) is 5. The second-order valence-corrected chi connectivity index (χ2v) is 5.41. The van der Waals surface area contributed by atoms with E-state index in [4.69, 9.17) is 5.11 Å². The molecule has 0 unspecified atom stereocenters. The minimum atomic E-state index is -0.967.